The molecule has 27 heavy (non-hydrogen) atoms. The fourth-order valence-corrected chi connectivity index (χ4v) is 3.34. The van der Waals surface area contributed by atoms with Crippen molar-refractivity contribution in [1.82, 2.24) is 4.90 Å². The van der Waals surface area contributed by atoms with Crippen LogP contribution < -0.4 is 10.1 Å². The van der Waals surface area contributed by atoms with E-state index in [1.165, 1.54) is 19.2 Å². The van der Waals surface area contributed by atoms with Crippen LogP contribution in [0.25, 0.3) is 0 Å². The van der Waals surface area contributed by atoms with Crippen LogP contribution in [0.2, 0.25) is 5.02 Å². The molecule has 0 aliphatic carbocycles. The first-order chi connectivity index (χ1) is 13.0. The van der Waals surface area contributed by atoms with Crippen molar-refractivity contribution in [2.45, 2.75) is 19.1 Å². The molecule has 3 rings (SSSR count). The molecule has 5 nitrogen and oxygen atoms in total. The van der Waals surface area contributed by atoms with Crippen LogP contribution in [0.15, 0.2) is 42.5 Å². The Labute approximate surface area is 163 Å². The van der Waals surface area contributed by atoms with Gasteiger partial charge in [0.25, 0.3) is 0 Å². The van der Waals surface area contributed by atoms with Gasteiger partial charge in [-0.25, -0.2) is 4.39 Å². The van der Waals surface area contributed by atoms with Gasteiger partial charge >= 0.3 is 0 Å². The van der Waals surface area contributed by atoms with Gasteiger partial charge in [-0.05, 0) is 42.8 Å². The number of carbonyl (C=O) groups is 1. The molecule has 0 saturated carbocycles. The topological polar surface area (TPSA) is 50.8 Å². The first-order valence-electron chi connectivity index (χ1n) is 8.73. The van der Waals surface area contributed by atoms with Crippen LogP contribution in [0.1, 0.15) is 18.6 Å². The smallest absolute Gasteiger partial charge is 0.241 e. The van der Waals surface area contributed by atoms with Crippen LogP contribution in [0.5, 0.6) is 5.75 Å². The van der Waals surface area contributed by atoms with E-state index in [9.17, 15) is 9.18 Å². The first kappa shape index (κ1) is 19.6. The van der Waals surface area contributed by atoms with Gasteiger partial charge in [0.05, 0.1) is 30.9 Å². The Morgan fingerprint density at radius 2 is 2.19 bits per heavy atom. The Balaban J connectivity index is 1.64. The van der Waals surface area contributed by atoms with Gasteiger partial charge in [-0.2, -0.15) is 0 Å². The maximum absolute atomic E-state index is 13.5. The molecule has 1 saturated heterocycles. The number of ether oxygens (including phenoxy) is 2. The second kappa shape index (κ2) is 8.69. The second-order valence-corrected chi connectivity index (χ2v) is 6.83. The molecular weight excluding hydrogens is 371 g/mol. The largest absolute Gasteiger partial charge is 0.495 e. The third-order valence-corrected chi connectivity index (χ3v) is 4.96. The van der Waals surface area contributed by atoms with Crippen molar-refractivity contribution in [3.05, 3.63) is 58.9 Å². The zero-order chi connectivity index (χ0) is 19.4. The maximum atomic E-state index is 13.5. The molecule has 0 bridgehead atoms. The number of anilines is 1. The standard InChI is InChI=1S/C20H22ClFN2O3/c1-13(20(25)23-16-6-7-18(26-2)17(21)11-16)24-8-9-27-19(12-24)14-4-3-5-15(22)10-14/h3-7,10-11,13,19H,8-9,12H2,1-2H3,(H,23,25). The van der Waals surface area contributed by atoms with Gasteiger partial charge < -0.3 is 14.8 Å². The van der Waals surface area contributed by atoms with E-state index in [1.54, 1.807) is 24.3 Å². The molecule has 2 atom stereocenters. The van der Waals surface area contributed by atoms with Crippen LogP contribution in [0.4, 0.5) is 10.1 Å². The van der Waals surface area contributed by atoms with Crippen molar-refractivity contribution < 1.29 is 18.7 Å². The number of carbonyl (C=O) groups excluding carboxylic acids is 1. The molecule has 2 unspecified atom stereocenters. The van der Waals surface area contributed by atoms with Gasteiger partial charge in [0.1, 0.15) is 11.6 Å². The Hall–Kier alpha value is -2.15. The average Bonchev–Trinajstić information content (AvgIpc) is 2.67. The summed E-state index contributed by atoms with van der Waals surface area (Å²) in [7, 11) is 1.54. The fraction of sp³-hybridized carbons (Fsp3) is 0.350. The lowest BCUT2D eigenvalue weighted by molar-refractivity contribution is -0.124. The maximum Gasteiger partial charge on any atom is 0.241 e. The van der Waals surface area contributed by atoms with E-state index in [0.29, 0.717) is 36.2 Å². The highest BCUT2D eigenvalue weighted by Gasteiger charge is 2.29. The first-order valence-corrected chi connectivity index (χ1v) is 9.11. The molecule has 1 N–H and O–H groups in total. The van der Waals surface area contributed by atoms with Crippen molar-refractivity contribution in [3.8, 4) is 5.75 Å². The van der Waals surface area contributed by atoms with Gasteiger partial charge in [-0.3, -0.25) is 9.69 Å². The number of methoxy groups -OCH3 is 1. The molecular formula is C20H22ClFN2O3. The summed E-state index contributed by atoms with van der Waals surface area (Å²) in [6, 6.07) is 11.1. The highest BCUT2D eigenvalue weighted by Crippen LogP contribution is 2.28. The number of nitrogens with zero attached hydrogens (tertiary/aromatic N) is 1. The number of morpholine rings is 1. The van der Waals surface area contributed by atoms with Crippen molar-refractivity contribution in [2.24, 2.45) is 0 Å². The van der Waals surface area contributed by atoms with E-state index in [2.05, 4.69) is 5.32 Å². The monoisotopic (exact) mass is 392 g/mol. The average molecular weight is 393 g/mol. The molecule has 7 heteroatoms. The fourth-order valence-electron chi connectivity index (χ4n) is 3.09. The lowest BCUT2D eigenvalue weighted by atomic mass is 10.1. The molecule has 2 aromatic rings. The van der Waals surface area contributed by atoms with E-state index in [1.807, 2.05) is 17.9 Å². The Morgan fingerprint density at radius 1 is 1.37 bits per heavy atom. The van der Waals surface area contributed by atoms with Crippen LogP contribution in [0, 0.1) is 5.82 Å². The molecule has 1 heterocycles. The van der Waals surface area contributed by atoms with E-state index < -0.39 is 0 Å². The summed E-state index contributed by atoms with van der Waals surface area (Å²) >= 11 is 6.11. The molecule has 0 radical (unpaired) electrons. The number of halogens is 2. The number of benzene rings is 2. The number of hydrogen-bond acceptors (Lipinski definition) is 4. The molecule has 1 aliphatic heterocycles. The summed E-state index contributed by atoms with van der Waals surface area (Å²) < 4.78 is 24.4. The summed E-state index contributed by atoms with van der Waals surface area (Å²) in [6.07, 6.45) is -0.264. The molecule has 0 spiro atoms. The third-order valence-electron chi connectivity index (χ3n) is 4.66. The molecule has 1 fully saturated rings. The molecule has 0 aromatic heterocycles. The van der Waals surface area contributed by atoms with Crippen LogP contribution in [0.3, 0.4) is 0 Å². The number of rotatable bonds is 5. The molecule has 1 aliphatic rings. The summed E-state index contributed by atoms with van der Waals surface area (Å²) in [5, 5.41) is 3.30. The van der Waals surface area contributed by atoms with E-state index in [4.69, 9.17) is 21.1 Å². The van der Waals surface area contributed by atoms with Crippen molar-refractivity contribution in [3.63, 3.8) is 0 Å². The number of amides is 1. The third kappa shape index (κ3) is 4.77. The predicted octanol–water partition coefficient (Wildman–Crippen LogP) is 3.89. The van der Waals surface area contributed by atoms with E-state index in [0.717, 1.165) is 5.56 Å². The van der Waals surface area contributed by atoms with Crippen LogP contribution in [-0.4, -0.2) is 43.7 Å². The highest BCUT2D eigenvalue weighted by molar-refractivity contribution is 6.32. The van der Waals surface area contributed by atoms with Gasteiger partial charge in [-0.1, -0.05) is 23.7 Å². The minimum atomic E-state index is -0.370. The quantitative estimate of drug-likeness (QED) is 0.838. The second-order valence-electron chi connectivity index (χ2n) is 6.42. The Morgan fingerprint density at radius 3 is 2.89 bits per heavy atom. The van der Waals surface area contributed by atoms with Crippen LogP contribution >= 0.6 is 11.6 Å². The normalized spacial score (nSPS) is 18.7. The number of hydrogen-bond donors (Lipinski definition) is 1. The Kier molecular flexibility index (Phi) is 6.31. The van der Waals surface area contributed by atoms with E-state index >= 15 is 0 Å². The summed E-state index contributed by atoms with van der Waals surface area (Å²) in [6.45, 7) is 3.47. The van der Waals surface area contributed by atoms with Gasteiger partial charge in [-0.15, -0.1) is 0 Å². The zero-order valence-electron chi connectivity index (χ0n) is 15.2. The van der Waals surface area contributed by atoms with E-state index in [-0.39, 0.29) is 23.9 Å². The molecule has 1 amide bonds. The van der Waals surface area contributed by atoms with Gasteiger partial charge in [0.15, 0.2) is 0 Å². The Bertz CT molecular complexity index is 818. The summed E-state index contributed by atoms with van der Waals surface area (Å²) in [4.78, 5) is 14.7. The van der Waals surface area contributed by atoms with Gasteiger partial charge in [0, 0.05) is 18.8 Å². The SMILES string of the molecule is COc1ccc(NC(=O)C(C)N2CCOC(c3cccc(F)c3)C2)cc1Cl. The van der Waals surface area contributed by atoms with Crippen LogP contribution in [-0.2, 0) is 9.53 Å². The van der Waals surface area contributed by atoms with Crippen molar-refractivity contribution in [2.75, 3.05) is 32.1 Å². The van der Waals surface area contributed by atoms with Crippen molar-refractivity contribution in [1.29, 1.82) is 0 Å². The molecule has 144 valence electrons. The van der Waals surface area contributed by atoms with Gasteiger partial charge in [0.2, 0.25) is 5.91 Å². The predicted molar refractivity (Wildman–Crippen MR) is 103 cm³/mol. The minimum absolute atomic E-state index is 0.142. The lowest BCUT2D eigenvalue weighted by Gasteiger charge is -2.36. The van der Waals surface area contributed by atoms with Crippen molar-refractivity contribution >= 4 is 23.2 Å². The lowest BCUT2D eigenvalue weighted by Crippen LogP contribution is -2.48. The summed E-state index contributed by atoms with van der Waals surface area (Å²) in [5.41, 5.74) is 1.38. The highest BCUT2D eigenvalue weighted by atomic mass is 35.5. The molecule has 2 aromatic carbocycles. The zero-order valence-corrected chi connectivity index (χ0v) is 16.0. The minimum Gasteiger partial charge on any atom is -0.495 e. The summed E-state index contributed by atoms with van der Waals surface area (Å²) in [5.74, 6) is 0.111. The number of nitrogens with one attached hydrogen (secondary N) is 1.